The zero-order chi connectivity index (χ0) is 15.8. The third-order valence-electron chi connectivity index (χ3n) is 2.47. The number of carboxylic acid groups (broad SMARTS) is 1. The summed E-state index contributed by atoms with van der Waals surface area (Å²) in [5.41, 5.74) is -0.389. The Morgan fingerprint density at radius 2 is 1.95 bits per heavy atom. The lowest BCUT2D eigenvalue weighted by Crippen LogP contribution is -2.33. The Kier molecular flexibility index (Phi) is 6.12. The van der Waals surface area contributed by atoms with Crippen LogP contribution in [-0.2, 0) is 4.79 Å². The molecule has 21 heavy (non-hydrogen) atoms. The fraction of sp³-hybridized carbons (Fsp3) is 0.308. The fourth-order valence-corrected chi connectivity index (χ4v) is 1.50. The van der Waals surface area contributed by atoms with Crippen molar-refractivity contribution in [1.82, 2.24) is 10.6 Å². The molecule has 0 spiro atoms. The highest BCUT2D eigenvalue weighted by atomic mass is 19.1. The van der Waals surface area contributed by atoms with Crippen LogP contribution in [0.2, 0.25) is 0 Å². The van der Waals surface area contributed by atoms with Gasteiger partial charge in [0.1, 0.15) is 5.82 Å². The number of halogens is 1. The van der Waals surface area contributed by atoms with Crippen molar-refractivity contribution < 1.29 is 23.9 Å². The molecular formula is C13H16FN3O4. The van der Waals surface area contributed by atoms with Gasteiger partial charge in [-0.05, 0) is 25.1 Å². The molecule has 1 aromatic carbocycles. The van der Waals surface area contributed by atoms with E-state index < -0.39 is 17.8 Å². The van der Waals surface area contributed by atoms with E-state index in [0.717, 1.165) is 18.2 Å². The highest BCUT2D eigenvalue weighted by Crippen LogP contribution is 2.16. The average molecular weight is 297 g/mol. The molecule has 0 unspecified atom stereocenters. The third-order valence-corrected chi connectivity index (χ3v) is 2.47. The molecule has 0 saturated heterocycles. The molecule has 4 N–H and O–H groups in total. The van der Waals surface area contributed by atoms with Crippen LogP contribution in [0, 0.1) is 5.82 Å². The standard InChI is InChI=1S/C13H16FN3O4/c1-2-15-11(18)5-6-16-13(21)17-10-7-8(12(19)20)3-4-9(10)14/h3-4,7H,2,5-6H2,1H3,(H,15,18)(H,19,20)(H2,16,17,21). The number of amides is 3. The number of carbonyl (C=O) groups excluding carboxylic acids is 2. The van der Waals surface area contributed by atoms with Crippen molar-refractivity contribution in [3.05, 3.63) is 29.6 Å². The quantitative estimate of drug-likeness (QED) is 0.632. The number of carbonyl (C=O) groups is 3. The van der Waals surface area contributed by atoms with Crippen molar-refractivity contribution in [3.8, 4) is 0 Å². The number of urea groups is 1. The second kappa shape index (κ2) is 7.83. The minimum atomic E-state index is -1.23. The number of carboxylic acids is 1. The van der Waals surface area contributed by atoms with Gasteiger partial charge in [-0.25, -0.2) is 14.0 Å². The van der Waals surface area contributed by atoms with Crippen LogP contribution in [0.1, 0.15) is 23.7 Å². The lowest BCUT2D eigenvalue weighted by atomic mass is 10.2. The maximum atomic E-state index is 13.4. The zero-order valence-electron chi connectivity index (χ0n) is 11.4. The Hall–Kier alpha value is -2.64. The van der Waals surface area contributed by atoms with Crippen LogP contribution in [-0.4, -0.2) is 36.1 Å². The molecule has 1 aromatic rings. The summed E-state index contributed by atoms with van der Waals surface area (Å²) < 4.78 is 13.4. The number of aromatic carboxylic acids is 1. The molecule has 0 atom stereocenters. The van der Waals surface area contributed by atoms with E-state index in [9.17, 15) is 18.8 Å². The predicted octanol–water partition coefficient (Wildman–Crippen LogP) is 1.17. The summed E-state index contributed by atoms with van der Waals surface area (Å²) in [4.78, 5) is 33.4. The minimum Gasteiger partial charge on any atom is -0.478 e. The van der Waals surface area contributed by atoms with E-state index in [1.165, 1.54) is 0 Å². The molecular weight excluding hydrogens is 281 g/mol. The number of anilines is 1. The predicted molar refractivity (Wildman–Crippen MR) is 73.7 cm³/mol. The topological polar surface area (TPSA) is 108 Å². The average Bonchev–Trinajstić information content (AvgIpc) is 2.41. The van der Waals surface area contributed by atoms with Gasteiger partial charge in [-0.3, -0.25) is 4.79 Å². The molecule has 0 heterocycles. The Morgan fingerprint density at radius 3 is 2.57 bits per heavy atom. The number of hydrogen-bond donors (Lipinski definition) is 4. The first-order valence-electron chi connectivity index (χ1n) is 6.28. The molecule has 1 rings (SSSR count). The number of rotatable bonds is 6. The molecule has 8 heteroatoms. The summed E-state index contributed by atoms with van der Waals surface area (Å²) in [6, 6.07) is 2.34. The highest BCUT2D eigenvalue weighted by molar-refractivity contribution is 5.93. The van der Waals surface area contributed by atoms with Gasteiger partial charge in [-0.2, -0.15) is 0 Å². The lowest BCUT2D eigenvalue weighted by Gasteiger charge is -2.09. The summed E-state index contributed by atoms with van der Waals surface area (Å²) in [7, 11) is 0. The van der Waals surface area contributed by atoms with E-state index in [1.807, 2.05) is 0 Å². The summed E-state index contributed by atoms with van der Waals surface area (Å²) in [5, 5.41) is 15.9. The minimum absolute atomic E-state index is 0.0813. The SMILES string of the molecule is CCNC(=O)CCNC(=O)Nc1cc(C(=O)O)ccc1F. The zero-order valence-corrected chi connectivity index (χ0v) is 11.4. The summed E-state index contributed by atoms with van der Waals surface area (Å²) in [6.07, 6.45) is 0.0961. The van der Waals surface area contributed by atoms with E-state index in [0.29, 0.717) is 6.54 Å². The molecule has 0 saturated carbocycles. The number of benzene rings is 1. The second-order valence-corrected chi connectivity index (χ2v) is 4.08. The highest BCUT2D eigenvalue weighted by Gasteiger charge is 2.11. The number of hydrogen-bond acceptors (Lipinski definition) is 3. The first kappa shape index (κ1) is 16.4. The van der Waals surface area contributed by atoms with Crippen molar-refractivity contribution in [3.63, 3.8) is 0 Å². The molecule has 0 aliphatic rings. The molecule has 0 radical (unpaired) electrons. The largest absolute Gasteiger partial charge is 0.478 e. The maximum absolute atomic E-state index is 13.4. The molecule has 3 amide bonds. The van der Waals surface area contributed by atoms with Crippen LogP contribution in [0.4, 0.5) is 14.9 Å². The molecule has 7 nitrogen and oxygen atoms in total. The third kappa shape index (κ3) is 5.47. The van der Waals surface area contributed by atoms with Crippen LogP contribution < -0.4 is 16.0 Å². The van der Waals surface area contributed by atoms with E-state index >= 15 is 0 Å². The van der Waals surface area contributed by atoms with Gasteiger partial charge in [0.2, 0.25) is 5.91 Å². The van der Waals surface area contributed by atoms with Crippen LogP contribution in [0.3, 0.4) is 0 Å². The fourth-order valence-electron chi connectivity index (χ4n) is 1.50. The van der Waals surface area contributed by atoms with Crippen molar-refractivity contribution in [2.24, 2.45) is 0 Å². The summed E-state index contributed by atoms with van der Waals surface area (Å²) >= 11 is 0. The normalized spacial score (nSPS) is 9.81. The van der Waals surface area contributed by atoms with Crippen LogP contribution in [0.5, 0.6) is 0 Å². The molecule has 0 aliphatic carbocycles. The van der Waals surface area contributed by atoms with Gasteiger partial charge in [-0.15, -0.1) is 0 Å². The van der Waals surface area contributed by atoms with E-state index in [4.69, 9.17) is 5.11 Å². The maximum Gasteiger partial charge on any atom is 0.335 e. The van der Waals surface area contributed by atoms with E-state index in [1.54, 1.807) is 6.92 Å². The van der Waals surface area contributed by atoms with Gasteiger partial charge >= 0.3 is 12.0 Å². The Balaban J connectivity index is 2.53. The number of nitrogens with one attached hydrogen (secondary N) is 3. The van der Waals surface area contributed by atoms with Crippen molar-refractivity contribution in [1.29, 1.82) is 0 Å². The second-order valence-electron chi connectivity index (χ2n) is 4.08. The Bertz CT molecular complexity index is 548. The van der Waals surface area contributed by atoms with Crippen LogP contribution >= 0.6 is 0 Å². The molecule has 0 bridgehead atoms. The van der Waals surface area contributed by atoms with E-state index in [-0.39, 0.29) is 30.1 Å². The molecule has 0 fully saturated rings. The smallest absolute Gasteiger partial charge is 0.335 e. The first-order valence-corrected chi connectivity index (χ1v) is 6.28. The van der Waals surface area contributed by atoms with Gasteiger partial charge in [0.25, 0.3) is 0 Å². The van der Waals surface area contributed by atoms with Crippen LogP contribution in [0.25, 0.3) is 0 Å². The Morgan fingerprint density at radius 1 is 1.24 bits per heavy atom. The van der Waals surface area contributed by atoms with Gasteiger partial charge in [0.15, 0.2) is 0 Å². The van der Waals surface area contributed by atoms with Crippen LogP contribution in [0.15, 0.2) is 18.2 Å². The van der Waals surface area contributed by atoms with Crippen molar-refractivity contribution in [2.45, 2.75) is 13.3 Å². The lowest BCUT2D eigenvalue weighted by molar-refractivity contribution is -0.120. The summed E-state index contributed by atoms with van der Waals surface area (Å²) in [6.45, 7) is 2.35. The van der Waals surface area contributed by atoms with Gasteiger partial charge in [0.05, 0.1) is 11.3 Å². The van der Waals surface area contributed by atoms with Gasteiger partial charge < -0.3 is 21.1 Å². The molecule has 0 aliphatic heterocycles. The monoisotopic (exact) mass is 297 g/mol. The van der Waals surface area contributed by atoms with Gasteiger partial charge in [0, 0.05) is 19.5 Å². The Labute approximate surface area is 120 Å². The molecule has 114 valence electrons. The van der Waals surface area contributed by atoms with Gasteiger partial charge in [-0.1, -0.05) is 0 Å². The van der Waals surface area contributed by atoms with Crippen molar-refractivity contribution >= 4 is 23.6 Å². The summed E-state index contributed by atoms with van der Waals surface area (Å²) in [5.74, 6) is -2.19. The van der Waals surface area contributed by atoms with Crippen molar-refractivity contribution in [2.75, 3.05) is 18.4 Å². The first-order chi connectivity index (χ1) is 9.93. The molecule has 0 aromatic heterocycles. The van der Waals surface area contributed by atoms with E-state index in [2.05, 4.69) is 16.0 Å².